The Labute approximate surface area is 185 Å². The van der Waals surface area contributed by atoms with Gasteiger partial charge in [0.15, 0.2) is 6.40 Å². The topological polar surface area (TPSA) is 118 Å². The third kappa shape index (κ3) is 7.47. The molecule has 1 fully saturated rings. The molecule has 1 aliphatic heterocycles. The molecule has 0 spiro atoms. The molecule has 1 aromatic rings. The molecular formula is C19H34FN4O6P. The third-order valence-electron chi connectivity index (χ3n) is 4.28. The molecule has 0 amide bonds. The van der Waals surface area contributed by atoms with Gasteiger partial charge in [-0.3, -0.25) is 19.3 Å². The van der Waals surface area contributed by atoms with Crippen molar-refractivity contribution in [3.63, 3.8) is 0 Å². The number of aromatic nitrogens is 2. The van der Waals surface area contributed by atoms with Crippen LogP contribution in [-0.4, -0.2) is 65.1 Å². The summed E-state index contributed by atoms with van der Waals surface area (Å²) in [6.07, 6.45) is 0.319. The maximum absolute atomic E-state index is 13.7. The Morgan fingerprint density at radius 1 is 1.55 bits per heavy atom. The van der Waals surface area contributed by atoms with Crippen LogP contribution in [0.3, 0.4) is 0 Å². The number of hydrogen-bond donors (Lipinski definition) is 2. The van der Waals surface area contributed by atoms with E-state index >= 15 is 0 Å². The van der Waals surface area contributed by atoms with Crippen LogP contribution in [0.5, 0.6) is 0 Å². The summed E-state index contributed by atoms with van der Waals surface area (Å²) in [5.74, 6) is -1.09. The van der Waals surface area contributed by atoms with Crippen LogP contribution >= 0.6 is 8.53 Å². The molecule has 0 saturated carbocycles. The molecule has 1 saturated heterocycles. The first-order valence-electron chi connectivity index (χ1n) is 11.1. The normalized spacial score (nSPS) is 23.1. The van der Waals surface area contributed by atoms with Gasteiger partial charge in [-0.15, -0.1) is 0 Å². The molecule has 12 heteroatoms. The predicted octanol–water partition coefficient (Wildman–Crippen LogP) is 2.39. The van der Waals surface area contributed by atoms with Crippen molar-refractivity contribution in [3.05, 3.63) is 32.9 Å². The lowest BCUT2D eigenvalue weighted by atomic mass is 10.2. The molecule has 1 aliphatic rings. The van der Waals surface area contributed by atoms with E-state index in [0.29, 0.717) is 6.54 Å². The van der Waals surface area contributed by atoms with Gasteiger partial charge in [-0.05, 0) is 41.5 Å². The first kappa shape index (κ1) is 24.0. The predicted molar refractivity (Wildman–Crippen MR) is 118 cm³/mol. The number of halogens is 1. The van der Waals surface area contributed by atoms with E-state index in [4.69, 9.17) is 16.6 Å². The lowest BCUT2D eigenvalue weighted by Crippen LogP contribution is -2.35. The number of nitrogens with one attached hydrogen (secondary N) is 1. The Morgan fingerprint density at radius 3 is 2.74 bits per heavy atom. The fourth-order valence-electron chi connectivity index (χ4n) is 3.03. The molecule has 2 rings (SSSR count). The smallest absolute Gasteiger partial charge is 0.330 e. The van der Waals surface area contributed by atoms with Crippen molar-refractivity contribution in [2.24, 2.45) is 4.99 Å². The second-order valence-electron chi connectivity index (χ2n) is 7.17. The van der Waals surface area contributed by atoms with Crippen molar-refractivity contribution in [2.75, 3.05) is 13.7 Å². The number of aliphatic imine (C=N–C) groups is 1. The monoisotopic (exact) mass is 467 g/mol. The van der Waals surface area contributed by atoms with E-state index in [-0.39, 0.29) is 25.4 Å². The number of aromatic amines is 1. The summed E-state index contributed by atoms with van der Waals surface area (Å²) in [4.78, 5) is 29.4. The van der Waals surface area contributed by atoms with Gasteiger partial charge in [-0.1, -0.05) is 0 Å². The summed E-state index contributed by atoms with van der Waals surface area (Å²) < 4.78 is 48.1. The Balaban J connectivity index is 0.00000172. The van der Waals surface area contributed by atoms with Crippen LogP contribution in [-0.2, 0) is 13.8 Å². The van der Waals surface area contributed by atoms with E-state index in [1.165, 1.54) is 13.5 Å². The molecule has 2 heterocycles. The van der Waals surface area contributed by atoms with E-state index in [9.17, 15) is 14.0 Å². The van der Waals surface area contributed by atoms with Gasteiger partial charge in [0, 0.05) is 33.5 Å². The number of rotatable bonds is 9. The Morgan fingerprint density at radius 2 is 2.19 bits per heavy atom. The van der Waals surface area contributed by atoms with Crippen molar-refractivity contribution in [3.8, 4) is 0 Å². The SMILES string of the molecule is [2H]CC1OC(n2cc(F)c(=O)[nH]c2=O)C[C@H]1OP(OC=NCC)N(C(C)C)C(C)C.[3H]OC. The highest BCUT2D eigenvalue weighted by Crippen LogP contribution is 2.49. The number of H-pyrrole nitrogens is 1. The van der Waals surface area contributed by atoms with Gasteiger partial charge in [-0.2, -0.15) is 4.39 Å². The Kier molecular flexibility index (Phi) is 10.1. The molecule has 10 nitrogen and oxygen atoms in total. The van der Waals surface area contributed by atoms with Crippen molar-refractivity contribution in [1.29, 1.82) is 1.43 Å². The van der Waals surface area contributed by atoms with Crippen molar-refractivity contribution >= 4 is 14.9 Å². The highest BCUT2D eigenvalue weighted by molar-refractivity contribution is 7.45. The van der Waals surface area contributed by atoms with E-state index in [1.54, 1.807) is 0 Å². The lowest BCUT2D eigenvalue weighted by Gasteiger charge is -2.36. The number of aliphatic hydroxyl groups is 1. The second-order valence-corrected chi connectivity index (χ2v) is 8.53. The average molecular weight is 467 g/mol. The van der Waals surface area contributed by atoms with Gasteiger partial charge in [0.2, 0.25) is 7.25 Å². The van der Waals surface area contributed by atoms with Crippen molar-refractivity contribution in [1.82, 2.24) is 14.2 Å². The van der Waals surface area contributed by atoms with Gasteiger partial charge in [0.1, 0.15) is 6.23 Å². The van der Waals surface area contributed by atoms with E-state index in [2.05, 4.69) is 14.8 Å². The number of aliphatic hydroxyl groups excluding tert-OH is 1. The van der Waals surface area contributed by atoms with E-state index < -0.39 is 44.0 Å². The molecule has 2 N–H and O–H groups in total. The molecule has 4 atom stereocenters. The first-order chi connectivity index (χ1) is 15.6. The lowest BCUT2D eigenvalue weighted by molar-refractivity contribution is -0.00822. The van der Waals surface area contributed by atoms with Crippen LogP contribution in [0.15, 0.2) is 20.8 Å². The first-order valence-corrected chi connectivity index (χ1v) is 11.1. The standard InChI is InChI=1S/C18H30FN4O5P.CH4O/c1-7-20-10-26-29(23(11(2)3)12(4)5)28-15-8-16(27-13(15)6)22-9-14(19)17(24)21-18(22)25;1-2/h9-13,15-16H,7-8H2,1-6H3,(H,21,24,25);2H,1H3/t13?,15-,16?,29?;/m1./s1/i6D;2T. The van der Waals surface area contributed by atoms with Crippen molar-refractivity contribution < 1.29 is 24.7 Å². The van der Waals surface area contributed by atoms with Crippen LogP contribution in [0, 0.1) is 5.82 Å². The zero-order chi connectivity index (χ0) is 25.1. The summed E-state index contributed by atoms with van der Waals surface area (Å²) >= 11 is 0. The second kappa shape index (κ2) is 13.0. The van der Waals surface area contributed by atoms with Crippen LogP contribution in [0.1, 0.15) is 55.5 Å². The minimum atomic E-state index is -1.56. The fraction of sp³-hybridized carbons (Fsp3) is 0.737. The summed E-state index contributed by atoms with van der Waals surface area (Å²) in [5, 5.41) is 3.50. The molecule has 0 radical (unpaired) electrons. The molecule has 1 aromatic heterocycles. The van der Waals surface area contributed by atoms with Gasteiger partial charge in [0.05, 0.1) is 18.4 Å². The highest BCUT2D eigenvalue weighted by atomic mass is 31.2. The summed E-state index contributed by atoms with van der Waals surface area (Å²) in [5.41, 5.74) is -1.87. The third-order valence-corrected chi connectivity index (χ3v) is 6.31. The number of hydrogen-bond acceptors (Lipinski definition) is 8. The van der Waals surface area contributed by atoms with Crippen LogP contribution in [0.25, 0.3) is 0 Å². The number of nitrogens with zero attached hydrogens (tertiary/aromatic N) is 3. The minimum absolute atomic E-state index is 0.114. The zero-order valence-corrected chi connectivity index (χ0v) is 19.7. The fourth-order valence-corrected chi connectivity index (χ4v) is 4.65. The number of ether oxygens (including phenoxy) is 1. The molecule has 0 aliphatic carbocycles. The highest BCUT2D eigenvalue weighted by Gasteiger charge is 2.39. The molecular weight excluding hydrogens is 430 g/mol. The van der Waals surface area contributed by atoms with Gasteiger partial charge >= 0.3 is 14.2 Å². The maximum Gasteiger partial charge on any atom is 0.330 e. The molecule has 3 unspecified atom stereocenters. The largest absolute Gasteiger partial charge is 0.425 e. The van der Waals surface area contributed by atoms with Gasteiger partial charge < -0.3 is 18.9 Å². The molecule has 178 valence electrons. The van der Waals surface area contributed by atoms with Crippen LogP contribution in [0.4, 0.5) is 4.39 Å². The maximum atomic E-state index is 13.7. The quantitative estimate of drug-likeness (QED) is 0.325. The van der Waals surface area contributed by atoms with Gasteiger partial charge in [0.25, 0.3) is 5.56 Å². The average Bonchev–Trinajstić information content (AvgIpc) is 3.13. The summed E-state index contributed by atoms with van der Waals surface area (Å²) in [7, 11) is -0.272. The Bertz CT molecular complexity index is 848. The van der Waals surface area contributed by atoms with E-state index in [0.717, 1.165) is 10.8 Å². The minimum Gasteiger partial charge on any atom is -0.425 e. The van der Waals surface area contributed by atoms with Crippen LogP contribution in [0.2, 0.25) is 0 Å². The van der Waals surface area contributed by atoms with Crippen LogP contribution < -0.4 is 11.2 Å². The van der Waals surface area contributed by atoms with E-state index in [1.807, 2.05) is 39.6 Å². The summed E-state index contributed by atoms with van der Waals surface area (Å²) in [6.45, 7) is 10.4. The van der Waals surface area contributed by atoms with Crippen molar-refractivity contribution in [2.45, 2.75) is 78.5 Å². The summed E-state index contributed by atoms with van der Waals surface area (Å²) in [6, 6.07) is 0.240. The zero-order valence-electron chi connectivity index (χ0n) is 20.8. The molecule has 0 bridgehead atoms. The molecule has 31 heavy (non-hydrogen) atoms. The molecule has 0 aromatic carbocycles. The van der Waals surface area contributed by atoms with Gasteiger partial charge in [-0.25, -0.2) is 9.46 Å². The Hall–Kier alpha value is -1.65.